The van der Waals surface area contributed by atoms with Crippen LogP contribution in [-0.4, -0.2) is 35.1 Å². The zero-order chi connectivity index (χ0) is 21.3. The molecule has 0 unspecified atom stereocenters. The second-order valence-corrected chi connectivity index (χ2v) is 8.01. The molecule has 0 saturated carbocycles. The van der Waals surface area contributed by atoms with Crippen LogP contribution in [0.4, 0.5) is 0 Å². The second-order valence-electron chi connectivity index (χ2n) is 8.01. The fourth-order valence-corrected chi connectivity index (χ4v) is 3.94. The number of carbonyl (C=O) groups is 3. The lowest BCUT2D eigenvalue weighted by Crippen LogP contribution is -2.45. The summed E-state index contributed by atoms with van der Waals surface area (Å²) >= 11 is 0. The van der Waals surface area contributed by atoms with Crippen LogP contribution < -0.4 is 5.32 Å². The molecule has 0 aliphatic carbocycles. The van der Waals surface area contributed by atoms with E-state index in [0.29, 0.717) is 25.9 Å². The van der Waals surface area contributed by atoms with Gasteiger partial charge >= 0.3 is 0 Å². The number of hydrogen-bond acceptors (Lipinski definition) is 3. The van der Waals surface area contributed by atoms with Crippen molar-refractivity contribution in [2.75, 3.05) is 6.54 Å². The highest BCUT2D eigenvalue weighted by molar-refractivity contribution is 5.90. The van der Waals surface area contributed by atoms with E-state index in [1.165, 1.54) is 0 Å². The van der Waals surface area contributed by atoms with Crippen molar-refractivity contribution in [3.63, 3.8) is 0 Å². The number of ketones is 1. The van der Waals surface area contributed by atoms with Gasteiger partial charge in [0.05, 0.1) is 0 Å². The smallest absolute Gasteiger partial charge is 0.243 e. The second kappa shape index (κ2) is 10.7. The van der Waals surface area contributed by atoms with E-state index in [4.69, 9.17) is 0 Å². The van der Waals surface area contributed by atoms with Crippen LogP contribution in [0.2, 0.25) is 0 Å². The molecule has 1 heterocycles. The summed E-state index contributed by atoms with van der Waals surface area (Å²) in [4.78, 5) is 39.5. The summed E-state index contributed by atoms with van der Waals surface area (Å²) in [6, 6.07) is 19.2. The molecule has 1 saturated heterocycles. The van der Waals surface area contributed by atoms with E-state index in [0.717, 1.165) is 17.5 Å². The minimum absolute atomic E-state index is 0.0940. The van der Waals surface area contributed by atoms with Crippen molar-refractivity contribution in [2.24, 2.45) is 5.92 Å². The van der Waals surface area contributed by atoms with Gasteiger partial charge in [-0.25, -0.2) is 0 Å². The third-order valence-corrected chi connectivity index (χ3v) is 5.70. The van der Waals surface area contributed by atoms with Gasteiger partial charge in [-0.05, 0) is 30.4 Å². The predicted octanol–water partition coefficient (Wildman–Crippen LogP) is 3.52. The number of Topliss-reactive ketones (excluding diaryl/α,β-unsaturated/α-hetero) is 1. The van der Waals surface area contributed by atoms with E-state index in [9.17, 15) is 14.4 Å². The third-order valence-electron chi connectivity index (χ3n) is 5.70. The van der Waals surface area contributed by atoms with Gasteiger partial charge in [0, 0.05) is 31.8 Å². The Hall–Kier alpha value is -2.95. The first-order valence-corrected chi connectivity index (χ1v) is 10.7. The monoisotopic (exact) mass is 406 g/mol. The van der Waals surface area contributed by atoms with E-state index in [-0.39, 0.29) is 36.4 Å². The van der Waals surface area contributed by atoms with Crippen molar-refractivity contribution in [3.05, 3.63) is 71.8 Å². The minimum Gasteiger partial charge on any atom is -0.350 e. The van der Waals surface area contributed by atoms with Gasteiger partial charge < -0.3 is 10.2 Å². The lowest BCUT2D eigenvalue weighted by atomic mass is 9.94. The SMILES string of the molecule is C[C@@H](Cc1ccccc1)C(=O)CCC(=O)N1CCC[C@H]1C(=O)NCc1ccccc1. The van der Waals surface area contributed by atoms with E-state index in [1.807, 2.05) is 67.6 Å². The summed E-state index contributed by atoms with van der Waals surface area (Å²) in [5.74, 6) is -0.249. The fraction of sp³-hybridized carbons (Fsp3) is 0.400. The quantitative estimate of drug-likeness (QED) is 0.693. The molecule has 0 bridgehead atoms. The van der Waals surface area contributed by atoms with Crippen LogP contribution in [0.3, 0.4) is 0 Å². The Balaban J connectivity index is 1.46. The van der Waals surface area contributed by atoms with Crippen LogP contribution in [0.1, 0.15) is 43.7 Å². The highest BCUT2D eigenvalue weighted by Crippen LogP contribution is 2.20. The average Bonchev–Trinajstić information content (AvgIpc) is 3.27. The molecule has 1 aliphatic rings. The highest BCUT2D eigenvalue weighted by atomic mass is 16.2. The molecule has 2 aromatic carbocycles. The van der Waals surface area contributed by atoms with Gasteiger partial charge in [0.15, 0.2) is 0 Å². The molecule has 5 nitrogen and oxygen atoms in total. The van der Waals surface area contributed by atoms with Gasteiger partial charge in [-0.2, -0.15) is 0 Å². The molecule has 1 aliphatic heterocycles. The van der Waals surface area contributed by atoms with Crippen molar-refractivity contribution in [2.45, 2.75) is 51.6 Å². The average molecular weight is 407 g/mol. The fourth-order valence-electron chi connectivity index (χ4n) is 3.94. The molecular formula is C25H30N2O3. The molecule has 0 radical (unpaired) electrons. The third kappa shape index (κ3) is 6.02. The highest BCUT2D eigenvalue weighted by Gasteiger charge is 2.33. The molecule has 0 spiro atoms. The van der Waals surface area contributed by atoms with E-state index < -0.39 is 6.04 Å². The Morgan fingerprint density at radius 2 is 1.60 bits per heavy atom. The summed E-state index contributed by atoms with van der Waals surface area (Å²) in [5, 5.41) is 2.94. The Morgan fingerprint density at radius 1 is 0.967 bits per heavy atom. The summed E-state index contributed by atoms with van der Waals surface area (Å²) in [6.07, 6.45) is 2.56. The van der Waals surface area contributed by atoms with Gasteiger partial charge in [-0.15, -0.1) is 0 Å². The number of amides is 2. The molecule has 2 amide bonds. The molecule has 1 N–H and O–H groups in total. The summed E-state index contributed by atoms with van der Waals surface area (Å²) < 4.78 is 0. The Morgan fingerprint density at radius 3 is 2.27 bits per heavy atom. The number of likely N-dealkylation sites (tertiary alicyclic amines) is 1. The zero-order valence-corrected chi connectivity index (χ0v) is 17.5. The summed E-state index contributed by atoms with van der Waals surface area (Å²) in [5.41, 5.74) is 2.15. The molecule has 2 aromatic rings. The molecule has 0 aromatic heterocycles. The van der Waals surface area contributed by atoms with Crippen LogP contribution in [-0.2, 0) is 27.3 Å². The zero-order valence-electron chi connectivity index (χ0n) is 17.5. The first kappa shape index (κ1) is 21.8. The van der Waals surface area contributed by atoms with Crippen molar-refractivity contribution in [3.8, 4) is 0 Å². The predicted molar refractivity (Wildman–Crippen MR) is 117 cm³/mol. The first-order valence-electron chi connectivity index (χ1n) is 10.7. The van der Waals surface area contributed by atoms with Gasteiger partial charge in [-0.3, -0.25) is 14.4 Å². The number of carbonyl (C=O) groups excluding carboxylic acids is 3. The van der Waals surface area contributed by atoms with Gasteiger partial charge in [0.2, 0.25) is 11.8 Å². The van der Waals surface area contributed by atoms with Crippen LogP contribution in [0.15, 0.2) is 60.7 Å². The van der Waals surface area contributed by atoms with Crippen LogP contribution in [0.5, 0.6) is 0 Å². The van der Waals surface area contributed by atoms with Gasteiger partial charge in [-0.1, -0.05) is 67.6 Å². The van der Waals surface area contributed by atoms with E-state index >= 15 is 0 Å². The molecule has 30 heavy (non-hydrogen) atoms. The lowest BCUT2D eigenvalue weighted by Gasteiger charge is -2.24. The molecule has 1 fully saturated rings. The largest absolute Gasteiger partial charge is 0.350 e. The molecule has 2 atom stereocenters. The standard InChI is InChI=1S/C25H30N2O3/c1-19(17-20-9-4-2-5-10-20)23(28)14-15-24(29)27-16-8-13-22(27)25(30)26-18-21-11-6-3-7-12-21/h2-7,9-12,19,22H,8,13-18H2,1H3,(H,26,30)/t19-,22-/m0/s1. The Bertz CT molecular complexity index is 851. The van der Waals surface area contributed by atoms with Gasteiger partial charge in [0.1, 0.15) is 11.8 Å². The normalized spacial score (nSPS) is 16.8. The maximum Gasteiger partial charge on any atom is 0.243 e. The number of benzene rings is 2. The first-order chi connectivity index (χ1) is 14.5. The molecule has 5 heteroatoms. The maximum atomic E-state index is 12.7. The van der Waals surface area contributed by atoms with Crippen LogP contribution >= 0.6 is 0 Å². The van der Waals surface area contributed by atoms with Crippen molar-refractivity contribution >= 4 is 17.6 Å². The van der Waals surface area contributed by atoms with Crippen molar-refractivity contribution in [1.29, 1.82) is 0 Å². The maximum absolute atomic E-state index is 12.7. The number of rotatable bonds is 9. The molecule has 3 rings (SSSR count). The molecule has 158 valence electrons. The van der Waals surface area contributed by atoms with E-state index in [1.54, 1.807) is 4.90 Å². The van der Waals surface area contributed by atoms with Crippen molar-refractivity contribution < 1.29 is 14.4 Å². The van der Waals surface area contributed by atoms with Crippen molar-refractivity contribution in [1.82, 2.24) is 10.2 Å². The number of nitrogens with one attached hydrogen (secondary N) is 1. The topological polar surface area (TPSA) is 66.5 Å². The minimum atomic E-state index is -0.432. The summed E-state index contributed by atoms with van der Waals surface area (Å²) in [6.45, 7) is 2.94. The Labute approximate surface area is 178 Å². The molecular weight excluding hydrogens is 376 g/mol. The van der Waals surface area contributed by atoms with Crippen LogP contribution in [0.25, 0.3) is 0 Å². The van der Waals surface area contributed by atoms with Gasteiger partial charge in [0.25, 0.3) is 0 Å². The lowest BCUT2D eigenvalue weighted by molar-refractivity contribution is -0.139. The van der Waals surface area contributed by atoms with Crippen LogP contribution in [0, 0.1) is 5.92 Å². The number of hydrogen-bond donors (Lipinski definition) is 1. The number of nitrogens with zero attached hydrogens (tertiary/aromatic N) is 1. The van der Waals surface area contributed by atoms with E-state index in [2.05, 4.69) is 5.32 Å². The summed E-state index contributed by atoms with van der Waals surface area (Å²) in [7, 11) is 0. The Kier molecular flexibility index (Phi) is 7.77.